The minimum atomic E-state index is -0.794. The lowest BCUT2D eigenvalue weighted by Crippen LogP contribution is -2.47. The Morgan fingerprint density at radius 1 is 1.02 bits per heavy atom. The van der Waals surface area contributed by atoms with Crippen LogP contribution in [0.2, 0.25) is 0 Å². The summed E-state index contributed by atoms with van der Waals surface area (Å²) in [4.78, 5) is 31.6. The second kappa shape index (κ2) is 14.1. The Morgan fingerprint density at radius 2 is 1.79 bits per heavy atom. The SMILES string of the molecule is COc1ccc(-c2nnn(CC(=O)N(CCc3ccc(OC)c(OC)c3)[C@H](C(=O)NC3CCCC3)c3cccs3)n2)cc1. The van der Waals surface area contributed by atoms with Crippen molar-refractivity contribution < 1.29 is 23.8 Å². The summed E-state index contributed by atoms with van der Waals surface area (Å²) in [7, 11) is 4.78. The summed E-state index contributed by atoms with van der Waals surface area (Å²) in [5, 5.41) is 17.9. The zero-order valence-corrected chi connectivity index (χ0v) is 25.4. The average molecular weight is 605 g/mol. The van der Waals surface area contributed by atoms with Crippen molar-refractivity contribution in [1.29, 1.82) is 0 Å². The monoisotopic (exact) mass is 604 g/mol. The molecular formula is C31H36N6O5S. The maximum atomic E-state index is 14.0. The summed E-state index contributed by atoms with van der Waals surface area (Å²) >= 11 is 1.45. The fourth-order valence-corrected chi connectivity index (χ4v) is 6.12. The van der Waals surface area contributed by atoms with Crippen LogP contribution in [0.4, 0.5) is 0 Å². The van der Waals surface area contributed by atoms with E-state index in [0.29, 0.717) is 29.5 Å². The van der Waals surface area contributed by atoms with Crippen molar-refractivity contribution in [1.82, 2.24) is 30.4 Å². The minimum absolute atomic E-state index is 0.113. The van der Waals surface area contributed by atoms with E-state index in [2.05, 4.69) is 20.7 Å². The third-order valence-electron chi connectivity index (χ3n) is 7.56. The van der Waals surface area contributed by atoms with Crippen LogP contribution in [0.15, 0.2) is 60.0 Å². The largest absolute Gasteiger partial charge is 0.497 e. The van der Waals surface area contributed by atoms with Gasteiger partial charge in [0, 0.05) is 23.0 Å². The quantitative estimate of drug-likeness (QED) is 0.240. The van der Waals surface area contributed by atoms with Gasteiger partial charge in [-0.2, -0.15) is 4.80 Å². The highest BCUT2D eigenvalue weighted by Gasteiger charge is 2.34. The van der Waals surface area contributed by atoms with E-state index < -0.39 is 6.04 Å². The molecule has 2 amide bonds. The van der Waals surface area contributed by atoms with Gasteiger partial charge < -0.3 is 24.4 Å². The molecule has 0 spiro atoms. The van der Waals surface area contributed by atoms with Gasteiger partial charge in [0.05, 0.1) is 21.3 Å². The Labute approximate surface area is 254 Å². The zero-order chi connectivity index (χ0) is 30.2. The molecule has 1 saturated carbocycles. The van der Waals surface area contributed by atoms with Crippen molar-refractivity contribution in [3.8, 4) is 28.6 Å². The molecule has 4 aromatic rings. The molecular weight excluding hydrogens is 568 g/mol. The van der Waals surface area contributed by atoms with Crippen LogP contribution in [0.5, 0.6) is 17.2 Å². The third kappa shape index (κ3) is 7.31. The van der Waals surface area contributed by atoms with Crippen molar-refractivity contribution in [3.63, 3.8) is 0 Å². The van der Waals surface area contributed by atoms with Gasteiger partial charge in [-0.05, 0) is 77.9 Å². The summed E-state index contributed by atoms with van der Waals surface area (Å²) in [6.45, 7) is 0.114. The van der Waals surface area contributed by atoms with Crippen molar-refractivity contribution >= 4 is 23.2 Å². The van der Waals surface area contributed by atoms with E-state index in [1.807, 2.05) is 60.0 Å². The van der Waals surface area contributed by atoms with Gasteiger partial charge >= 0.3 is 0 Å². The third-order valence-corrected chi connectivity index (χ3v) is 8.49. The summed E-state index contributed by atoms with van der Waals surface area (Å²) in [6.07, 6.45) is 4.56. The number of nitrogens with zero attached hydrogens (tertiary/aromatic N) is 5. The number of ether oxygens (including phenoxy) is 3. The molecule has 1 aliphatic rings. The summed E-state index contributed by atoms with van der Waals surface area (Å²) < 4.78 is 16.1. The van der Waals surface area contributed by atoms with Crippen LogP contribution in [0.25, 0.3) is 11.4 Å². The maximum Gasteiger partial charge on any atom is 0.248 e. The predicted octanol–water partition coefficient (Wildman–Crippen LogP) is 4.30. The molecule has 0 radical (unpaired) electrons. The topological polar surface area (TPSA) is 121 Å². The van der Waals surface area contributed by atoms with Gasteiger partial charge in [-0.25, -0.2) is 0 Å². The van der Waals surface area contributed by atoms with Crippen molar-refractivity contribution in [2.75, 3.05) is 27.9 Å². The number of hydrogen-bond acceptors (Lipinski definition) is 9. The standard InChI is InChI=1S/C31H36N6O5S/c1-40-24-13-11-22(12-14-24)30-33-35-37(34-30)20-28(38)36(17-16-21-10-15-25(41-2)26(19-21)42-3)29(27-9-6-18-43-27)31(39)32-23-7-4-5-8-23/h6,9-15,18-19,23,29H,4-5,7-8,16-17,20H2,1-3H3,(H,32,39)/t29-/m0/s1. The van der Waals surface area contributed by atoms with Crippen molar-refractivity contribution in [2.45, 2.75) is 50.7 Å². The summed E-state index contributed by atoms with van der Waals surface area (Å²) in [5.41, 5.74) is 1.69. The molecule has 5 rings (SSSR count). The van der Waals surface area contributed by atoms with E-state index in [-0.39, 0.29) is 30.9 Å². The van der Waals surface area contributed by atoms with E-state index in [4.69, 9.17) is 14.2 Å². The number of carbonyl (C=O) groups is 2. The molecule has 0 aliphatic heterocycles. The fourth-order valence-electron chi connectivity index (χ4n) is 5.28. The van der Waals surface area contributed by atoms with Gasteiger partial charge in [0.25, 0.3) is 0 Å². The lowest BCUT2D eigenvalue weighted by Gasteiger charge is -2.31. The Morgan fingerprint density at radius 3 is 2.47 bits per heavy atom. The highest BCUT2D eigenvalue weighted by Crippen LogP contribution is 2.30. The Bertz CT molecular complexity index is 1500. The summed E-state index contributed by atoms with van der Waals surface area (Å²) in [6, 6.07) is 16.1. The first-order chi connectivity index (χ1) is 21.0. The molecule has 0 bridgehead atoms. The van der Waals surface area contributed by atoms with Crippen LogP contribution in [0, 0.1) is 0 Å². The predicted molar refractivity (Wildman–Crippen MR) is 162 cm³/mol. The molecule has 1 N–H and O–H groups in total. The van der Waals surface area contributed by atoms with E-state index in [0.717, 1.165) is 41.7 Å². The molecule has 2 aromatic carbocycles. The second-order valence-corrected chi connectivity index (χ2v) is 11.3. The molecule has 226 valence electrons. The molecule has 1 aliphatic carbocycles. The molecule has 43 heavy (non-hydrogen) atoms. The molecule has 12 heteroatoms. The lowest BCUT2D eigenvalue weighted by molar-refractivity contribution is -0.141. The molecule has 0 unspecified atom stereocenters. The van der Waals surface area contributed by atoms with Crippen LogP contribution in [0.3, 0.4) is 0 Å². The van der Waals surface area contributed by atoms with Gasteiger partial charge in [0.1, 0.15) is 18.3 Å². The average Bonchev–Trinajstić information content (AvgIpc) is 3.83. The van der Waals surface area contributed by atoms with Crippen LogP contribution >= 0.6 is 11.3 Å². The van der Waals surface area contributed by atoms with Gasteiger partial charge in [0.15, 0.2) is 11.5 Å². The zero-order valence-electron chi connectivity index (χ0n) is 24.6. The number of thiophene rings is 1. The van der Waals surface area contributed by atoms with Gasteiger partial charge in [-0.15, -0.1) is 21.5 Å². The van der Waals surface area contributed by atoms with E-state index in [1.165, 1.54) is 16.1 Å². The second-order valence-electron chi connectivity index (χ2n) is 10.3. The smallest absolute Gasteiger partial charge is 0.248 e. The highest BCUT2D eigenvalue weighted by atomic mass is 32.1. The minimum Gasteiger partial charge on any atom is -0.497 e. The molecule has 1 atom stereocenters. The van der Waals surface area contributed by atoms with E-state index >= 15 is 0 Å². The van der Waals surface area contributed by atoms with E-state index in [9.17, 15) is 9.59 Å². The molecule has 2 heterocycles. The number of rotatable bonds is 13. The number of tetrazole rings is 1. The van der Waals surface area contributed by atoms with Gasteiger partial charge in [-0.3, -0.25) is 9.59 Å². The van der Waals surface area contributed by atoms with Gasteiger partial charge in [0.2, 0.25) is 17.6 Å². The normalized spacial score (nSPS) is 13.8. The number of carbonyl (C=O) groups excluding carboxylic acids is 2. The molecule has 11 nitrogen and oxygen atoms in total. The first-order valence-corrected chi connectivity index (χ1v) is 15.1. The Balaban J connectivity index is 1.41. The lowest BCUT2D eigenvalue weighted by atomic mass is 10.1. The number of amides is 2. The van der Waals surface area contributed by atoms with Crippen molar-refractivity contribution in [2.24, 2.45) is 0 Å². The number of methoxy groups -OCH3 is 3. The number of nitrogens with one attached hydrogen (secondary N) is 1. The number of hydrogen-bond donors (Lipinski definition) is 1. The van der Waals surface area contributed by atoms with Crippen molar-refractivity contribution in [3.05, 3.63) is 70.4 Å². The number of aromatic nitrogens is 4. The Hall–Kier alpha value is -4.45. The molecule has 2 aromatic heterocycles. The highest BCUT2D eigenvalue weighted by molar-refractivity contribution is 7.10. The fraction of sp³-hybridized carbons (Fsp3) is 0.387. The Kier molecular flexibility index (Phi) is 9.88. The van der Waals surface area contributed by atoms with Gasteiger partial charge in [-0.1, -0.05) is 25.0 Å². The number of benzene rings is 2. The molecule has 0 saturated heterocycles. The van der Waals surface area contributed by atoms with Crippen LogP contribution in [-0.4, -0.2) is 70.8 Å². The van der Waals surface area contributed by atoms with E-state index in [1.54, 1.807) is 26.2 Å². The maximum absolute atomic E-state index is 14.0. The van der Waals surface area contributed by atoms with Crippen LogP contribution in [-0.2, 0) is 22.6 Å². The summed E-state index contributed by atoms with van der Waals surface area (Å²) in [5.74, 6) is 1.86. The van der Waals surface area contributed by atoms with Crippen LogP contribution < -0.4 is 19.5 Å². The van der Waals surface area contributed by atoms with Crippen LogP contribution in [0.1, 0.15) is 42.2 Å². The first kappa shape index (κ1) is 30.0. The first-order valence-electron chi connectivity index (χ1n) is 14.3. The molecule has 1 fully saturated rings.